The highest BCUT2D eigenvalue weighted by Gasteiger charge is 2.08. The van der Waals surface area contributed by atoms with Crippen LogP contribution in [0.25, 0.3) is 11.0 Å². The fourth-order valence-corrected chi connectivity index (χ4v) is 2.22. The molecule has 0 radical (unpaired) electrons. The number of benzene rings is 1. The predicted molar refractivity (Wildman–Crippen MR) is 79.4 cm³/mol. The van der Waals surface area contributed by atoms with E-state index in [0.29, 0.717) is 5.92 Å². The first-order chi connectivity index (χ1) is 9.22. The van der Waals surface area contributed by atoms with E-state index in [1.165, 1.54) is 5.52 Å². The fourth-order valence-electron chi connectivity index (χ4n) is 2.22. The van der Waals surface area contributed by atoms with E-state index >= 15 is 0 Å². The van der Waals surface area contributed by atoms with Crippen LogP contribution in [-0.4, -0.2) is 22.8 Å². The van der Waals surface area contributed by atoms with Gasteiger partial charge in [0.1, 0.15) is 5.82 Å². The van der Waals surface area contributed by atoms with Crippen LogP contribution in [0.3, 0.4) is 0 Å². The van der Waals surface area contributed by atoms with Crippen molar-refractivity contribution < 1.29 is 4.74 Å². The first-order valence-corrected chi connectivity index (χ1v) is 7.24. The summed E-state index contributed by atoms with van der Waals surface area (Å²) in [6.45, 7) is 9.11. The van der Waals surface area contributed by atoms with Crippen molar-refractivity contribution in [2.75, 3.05) is 13.2 Å². The van der Waals surface area contributed by atoms with E-state index in [0.717, 1.165) is 43.9 Å². The van der Waals surface area contributed by atoms with Crippen molar-refractivity contribution in [3.63, 3.8) is 0 Å². The first-order valence-electron chi connectivity index (χ1n) is 7.24. The maximum Gasteiger partial charge on any atom is 0.109 e. The molecule has 0 aliphatic carbocycles. The number of aromatic nitrogens is 2. The molecule has 0 aliphatic heterocycles. The molecule has 0 aliphatic rings. The second kappa shape index (κ2) is 6.71. The maximum atomic E-state index is 5.72. The first kappa shape index (κ1) is 14.1. The molecule has 0 atom stereocenters. The SMILES string of the molecule is CCc1nc2ccccc2n1CCOCCC(C)C. The van der Waals surface area contributed by atoms with E-state index in [-0.39, 0.29) is 0 Å². The molecule has 0 saturated heterocycles. The zero-order chi connectivity index (χ0) is 13.7. The largest absolute Gasteiger partial charge is 0.380 e. The topological polar surface area (TPSA) is 27.1 Å². The van der Waals surface area contributed by atoms with E-state index in [1.54, 1.807) is 0 Å². The van der Waals surface area contributed by atoms with Crippen molar-refractivity contribution in [3.05, 3.63) is 30.1 Å². The Hall–Kier alpha value is -1.35. The number of ether oxygens (including phenoxy) is 1. The number of rotatable bonds is 7. The van der Waals surface area contributed by atoms with Crippen molar-refractivity contribution in [1.29, 1.82) is 0 Å². The quantitative estimate of drug-likeness (QED) is 0.710. The van der Waals surface area contributed by atoms with Crippen molar-refractivity contribution in [3.8, 4) is 0 Å². The van der Waals surface area contributed by atoms with Crippen molar-refractivity contribution in [2.24, 2.45) is 5.92 Å². The number of imidazole rings is 1. The highest BCUT2D eigenvalue weighted by Crippen LogP contribution is 2.16. The average molecular weight is 260 g/mol. The Labute approximate surface area is 115 Å². The van der Waals surface area contributed by atoms with E-state index in [9.17, 15) is 0 Å². The van der Waals surface area contributed by atoms with Gasteiger partial charge in [-0.2, -0.15) is 0 Å². The van der Waals surface area contributed by atoms with Gasteiger partial charge in [-0.25, -0.2) is 4.98 Å². The number of hydrogen-bond donors (Lipinski definition) is 0. The number of aryl methyl sites for hydroxylation is 1. The lowest BCUT2D eigenvalue weighted by Gasteiger charge is -2.10. The summed E-state index contributed by atoms with van der Waals surface area (Å²) in [5.74, 6) is 1.86. The molecular formula is C16H24N2O. The molecule has 2 rings (SSSR count). The van der Waals surface area contributed by atoms with E-state index in [1.807, 2.05) is 6.07 Å². The van der Waals surface area contributed by atoms with Crippen LogP contribution in [0.15, 0.2) is 24.3 Å². The van der Waals surface area contributed by atoms with Gasteiger partial charge in [-0.1, -0.05) is 32.9 Å². The third-order valence-electron chi connectivity index (χ3n) is 3.35. The molecule has 0 amide bonds. The van der Waals surface area contributed by atoms with Gasteiger partial charge in [0.25, 0.3) is 0 Å². The predicted octanol–water partition coefficient (Wildman–Crippen LogP) is 3.66. The molecule has 2 aromatic rings. The Morgan fingerprint density at radius 1 is 1.21 bits per heavy atom. The minimum atomic E-state index is 0.709. The molecule has 3 nitrogen and oxygen atoms in total. The van der Waals surface area contributed by atoms with E-state index in [2.05, 4.69) is 48.5 Å². The molecule has 0 spiro atoms. The minimum absolute atomic E-state index is 0.709. The van der Waals surface area contributed by atoms with Crippen LogP contribution in [0.1, 0.15) is 33.0 Å². The third kappa shape index (κ3) is 3.57. The van der Waals surface area contributed by atoms with Gasteiger partial charge < -0.3 is 9.30 Å². The summed E-state index contributed by atoms with van der Waals surface area (Å²) >= 11 is 0. The maximum absolute atomic E-state index is 5.72. The minimum Gasteiger partial charge on any atom is -0.380 e. The second-order valence-electron chi connectivity index (χ2n) is 5.32. The molecule has 1 heterocycles. The molecular weight excluding hydrogens is 236 g/mol. The van der Waals surface area contributed by atoms with Crippen LogP contribution in [-0.2, 0) is 17.7 Å². The van der Waals surface area contributed by atoms with E-state index in [4.69, 9.17) is 4.74 Å². The lowest BCUT2D eigenvalue weighted by atomic mass is 10.1. The molecule has 1 aromatic carbocycles. The molecule has 104 valence electrons. The van der Waals surface area contributed by atoms with Gasteiger partial charge >= 0.3 is 0 Å². The van der Waals surface area contributed by atoms with Gasteiger partial charge in [0, 0.05) is 19.6 Å². The highest BCUT2D eigenvalue weighted by atomic mass is 16.5. The number of fused-ring (bicyclic) bond motifs is 1. The lowest BCUT2D eigenvalue weighted by molar-refractivity contribution is 0.116. The molecule has 3 heteroatoms. The Bertz CT molecular complexity index is 516. The summed E-state index contributed by atoms with van der Waals surface area (Å²) in [5.41, 5.74) is 2.30. The van der Waals surface area contributed by atoms with Crippen LogP contribution in [0.4, 0.5) is 0 Å². The highest BCUT2D eigenvalue weighted by molar-refractivity contribution is 5.75. The van der Waals surface area contributed by atoms with Gasteiger partial charge in [-0.05, 0) is 24.5 Å². The molecule has 19 heavy (non-hydrogen) atoms. The molecule has 0 N–H and O–H groups in total. The van der Waals surface area contributed by atoms with Crippen LogP contribution >= 0.6 is 0 Å². The van der Waals surface area contributed by atoms with Crippen LogP contribution in [0.2, 0.25) is 0 Å². The smallest absolute Gasteiger partial charge is 0.109 e. The lowest BCUT2D eigenvalue weighted by Crippen LogP contribution is -2.10. The summed E-state index contributed by atoms with van der Waals surface area (Å²) in [6, 6.07) is 8.32. The molecule has 0 bridgehead atoms. The summed E-state index contributed by atoms with van der Waals surface area (Å²) < 4.78 is 8.00. The molecule has 0 unspecified atom stereocenters. The van der Waals surface area contributed by atoms with Crippen LogP contribution < -0.4 is 0 Å². The van der Waals surface area contributed by atoms with Crippen molar-refractivity contribution in [2.45, 2.75) is 40.2 Å². The van der Waals surface area contributed by atoms with Gasteiger partial charge in [0.2, 0.25) is 0 Å². The summed E-state index contributed by atoms with van der Waals surface area (Å²) in [5, 5.41) is 0. The van der Waals surface area contributed by atoms with E-state index < -0.39 is 0 Å². The van der Waals surface area contributed by atoms with Gasteiger partial charge in [-0.15, -0.1) is 0 Å². The Morgan fingerprint density at radius 3 is 2.74 bits per heavy atom. The zero-order valence-corrected chi connectivity index (χ0v) is 12.2. The summed E-state index contributed by atoms with van der Waals surface area (Å²) in [4.78, 5) is 4.67. The summed E-state index contributed by atoms with van der Waals surface area (Å²) in [6.07, 6.45) is 2.09. The average Bonchev–Trinajstić information content (AvgIpc) is 2.76. The zero-order valence-electron chi connectivity index (χ0n) is 12.2. The normalized spacial score (nSPS) is 11.6. The second-order valence-corrected chi connectivity index (χ2v) is 5.32. The van der Waals surface area contributed by atoms with Crippen LogP contribution in [0.5, 0.6) is 0 Å². The number of para-hydroxylation sites is 2. The van der Waals surface area contributed by atoms with Crippen molar-refractivity contribution in [1.82, 2.24) is 9.55 Å². The number of hydrogen-bond acceptors (Lipinski definition) is 2. The summed E-state index contributed by atoms with van der Waals surface area (Å²) in [7, 11) is 0. The fraction of sp³-hybridized carbons (Fsp3) is 0.562. The van der Waals surface area contributed by atoms with Gasteiger partial charge in [0.05, 0.1) is 17.6 Å². The third-order valence-corrected chi connectivity index (χ3v) is 3.35. The van der Waals surface area contributed by atoms with Crippen LogP contribution in [0, 0.1) is 5.92 Å². The Morgan fingerprint density at radius 2 is 2.00 bits per heavy atom. The Kier molecular flexibility index (Phi) is 4.97. The molecule has 0 saturated carbocycles. The standard InChI is InChI=1S/C16H24N2O/c1-4-16-17-14-7-5-6-8-15(14)18(16)10-12-19-11-9-13(2)3/h5-8,13H,4,9-12H2,1-3H3. The number of nitrogens with zero attached hydrogens (tertiary/aromatic N) is 2. The molecule has 0 fully saturated rings. The Balaban J connectivity index is 1.99. The molecule has 1 aromatic heterocycles. The van der Waals surface area contributed by atoms with Crippen molar-refractivity contribution >= 4 is 11.0 Å². The van der Waals surface area contributed by atoms with Gasteiger partial charge in [-0.3, -0.25) is 0 Å². The van der Waals surface area contributed by atoms with Gasteiger partial charge in [0.15, 0.2) is 0 Å². The monoisotopic (exact) mass is 260 g/mol.